The highest BCUT2D eigenvalue weighted by atomic mass is 16.4. The third-order valence-electron chi connectivity index (χ3n) is 5.84. The van der Waals surface area contributed by atoms with Crippen molar-refractivity contribution in [2.45, 2.75) is 123 Å². The van der Waals surface area contributed by atoms with Crippen molar-refractivity contribution in [1.29, 1.82) is 0 Å². The molecule has 0 atom stereocenters. The van der Waals surface area contributed by atoms with Gasteiger partial charge in [0.2, 0.25) is 5.91 Å². The van der Waals surface area contributed by atoms with E-state index < -0.39 is 5.97 Å². The summed E-state index contributed by atoms with van der Waals surface area (Å²) in [4.78, 5) is 22.9. The minimum absolute atomic E-state index is 0.0483. The molecule has 0 saturated heterocycles. The van der Waals surface area contributed by atoms with Crippen molar-refractivity contribution in [3.63, 3.8) is 0 Å². The van der Waals surface area contributed by atoms with E-state index in [4.69, 9.17) is 5.11 Å². The fourth-order valence-corrected chi connectivity index (χ4v) is 3.89. The van der Waals surface area contributed by atoms with Gasteiger partial charge in [0, 0.05) is 19.2 Å². The predicted molar refractivity (Wildman–Crippen MR) is 126 cm³/mol. The molecule has 0 fully saturated rings. The van der Waals surface area contributed by atoms with Gasteiger partial charge in [0.05, 0.1) is 6.54 Å². The van der Waals surface area contributed by atoms with Crippen LogP contribution >= 0.6 is 0 Å². The monoisotopic (exact) mass is 435 g/mol. The smallest absolute Gasteiger partial charge is 0.354 e. The Labute approximate surface area is 189 Å². The van der Waals surface area contributed by atoms with Gasteiger partial charge in [0.1, 0.15) is 5.69 Å². The number of hydrogen-bond acceptors (Lipinski definition) is 3. The van der Waals surface area contributed by atoms with Crippen LogP contribution in [-0.2, 0) is 11.3 Å². The Bertz CT molecular complexity index is 586. The highest BCUT2D eigenvalue weighted by molar-refractivity contribution is 5.85. The van der Waals surface area contributed by atoms with Crippen LogP contribution in [0, 0.1) is 0 Å². The predicted octanol–water partition coefficient (Wildman–Crippen LogP) is 6.35. The number of carbonyl (C=O) groups excluding carboxylic acids is 1. The van der Waals surface area contributed by atoms with E-state index in [-0.39, 0.29) is 18.0 Å². The summed E-state index contributed by atoms with van der Waals surface area (Å²) in [5.74, 6) is -1.07. The molecule has 6 nitrogen and oxygen atoms in total. The number of nitrogens with one attached hydrogen (secondary N) is 1. The lowest BCUT2D eigenvalue weighted by atomic mass is 10.0. The summed E-state index contributed by atoms with van der Waals surface area (Å²) in [6, 6.07) is 1.44. The fraction of sp³-hybridized carbons (Fsp3) is 0.800. The van der Waals surface area contributed by atoms with E-state index in [1.54, 1.807) is 0 Å². The SMILES string of the molecule is CCCCCCCCCCCCCCCCCCNC(=O)CCn1nccc1C(=O)O. The first kappa shape index (κ1) is 27.2. The van der Waals surface area contributed by atoms with Crippen LogP contribution in [0.5, 0.6) is 0 Å². The summed E-state index contributed by atoms with van der Waals surface area (Å²) in [5.41, 5.74) is 0.116. The van der Waals surface area contributed by atoms with Crippen molar-refractivity contribution < 1.29 is 14.7 Å². The van der Waals surface area contributed by atoms with Gasteiger partial charge in [-0.25, -0.2) is 4.79 Å². The second kappa shape index (κ2) is 18.9. The Morgan fingerprint density at radius 1 is 0.839 bits per heavy atom. The van der Waals surface area contributed by atoms with Crippen LogP contribution in [-0.4, -0.2) is 33.3 Å². The van der Waals surface area contributed by atoms with Crippen LogP contribution < -0.4 is 5.32 Å². The second-order valence-corrected chi connectivity index (χ2v) is 8.65. The fourth-order valence-electron chi connectivity index (χ4n) is 3.89. The Balaban J connectivity index is 1.81. The summed E-state index contributed by atoms with van der Waals surface area (Å²) in [5, 5.41) is 15.9. The number of carbonyl (C=O) groups is 2. The van der Waals surface area contributed by atoms with Crippen LogP contribution in [0.15, 0.2) is 12.3 Å². The third kappa shape index (κ3) is 14.7. The van der Waals surface area contributed by atoms with Crippen LogP contribution in [0.4, 0.5) is 0 Å². The summed E-state index contributed by atoms with van der Waals surface area (Å²) in [7, 11) is 0. The zero-order chi connectivity index (χ0) is 22.6. The molecule has 0 spiro atoms. The Morgan fingerprint density at radius 3 is 1.81 bits per heavy atom. The van der Waals surface area contributed by atoms with E-state index in [1.807, 2.05) is 0 Å². The number of carboxylic acid groups (broad SMARTS) is 1. The molecule has 0 unspecified atom stereocenters. The lowest BCUT2D eigenvalue weighted by molar-refractivity contribution is -0.121. The molecular weight excluding hydrogens is 390 g/mol. The normalized spacial score (nSPS) is 11.0. The molecule has 2 N–H and O–H groups in total. The highest BCUT2D eigenvalue weighted by Gasteiger charge is 2.11. The molecule has 178 valence electrons. The van der Waals surface area contributed by atoms with Crippen molar-refractivity contribution in [3.8, 4) is 0 Å². The van der Waals surface area contributed by atoms with E-state index in [2.05, 4.69) is 17.3 Å². The van der Waals surface area contributed by atoms with Gasteiger partial charge < -0.3 is 10.4 Å². The zero-order valence-electron chi connectivity index (χ0n) is 19.7. The Kier molecular flexibility index (Phi) is 16.6. The lowest BCUT2D eigenvalue weighted by Gasteiger charge is -2.07. The molecule has 0 aliphatic carbocycles. The number of aromatic nitrogens is 2. The molecule has 0 bridgehead atoms. The number of rotatable bonds is 21. The minimum Gasteiger partial charge on any atom is -0.477 e. The van der Waals surface area contributed by atoms with Gasteiger partial charge in [-0.05, 0) is 12.5 Å². The van der Waals surface area contributed by atoms with Gasteiger partial charge >= 0.3 is 5.97 Å². The lowest BCUT2D eigenvalue weighted by Crippen LogP contribution is -2.26. The van der Waals surface area contributed by atoms with Crippen molar-refractivity contribution in [2.75, 3.05) is 6.54 Å². The first-order valence-corrected chi connectivity index (χ1v) is 12.7. The number of aromatic carboxylic acids is 1. The van der Waals surface area contributed by atoms with Gasteiger partial charge in [-0.15, -0.1) is 0 Å². The zero-order valence-corrected chi connectivity index (χ0v) is 19.7. The van der Waals surface area contributed by atoms with Crippen LogP contribution in [0.2, 0.25) is 0 Å². The molecule has 1 heterocycles. The van der Waals surface area contributed by atoms with E-state index in [0.29, 0.717) is 13.1 Å². The number of hydrogen-bond donors (Lipinski definition) is 2. The van der Waals surface area contributed by atoms with E-state index in [9.17, 15) is 9.59 Å². The van der Waals surface area contributed by atoms with Gasteiger partial charge in [-0.1, -0.05) is 103 Å². The maximum atomic E-state index is 11.9. The molecule has 1 aromatic rings. The average molecular weight is 436 g/mol. The molecule has 0 aliphatic heterocycles. The van der Waals surface area contributed by atoms with Gasteiger partial charge in [-0.2, -0.15) is 5.10 Å². The molecular formula is C25H45N3O3. The van der Waals surface area contributed by atoms with Crippen LogP contribution in [0.25, 0.3) is 0 Å². The van der Waals surface area contributed by atoms with Gasteiger partial charge in [0.15, 0.2) is 0 Å². The highest BCUT2D eigenvalue weighted by Crippen LogP contribution is 2.13. The first-order valence-electron chi connectivity index (χ1n) is 12.7. The minimum atomic E-state index is -1.02. The van der Waals surface area contributed by atoms with Gasteiger partial charge in [-0.3, -0.25) is 9.48 Å². The molecule has 0 radical (unpaired) electrons. The van der Waals surface area contributed by atoms with Crippen molar-refractivity contribution >= 4 is 11.9 Å². The molecule has 0 aliphatic rings. The average Bonchev–Trinajstić information content (AvgIpc) is 3.23. The topological polar surface area (TPSA) is 84.2 Å². The van der Waals surface area contributed by atoms with Crippen molar-refractivity contribution in [3.05, 3.63) is 18.0 Å². The van der Waals surface area contributed by atoms with Crippen molar-refractivity contribution in [2.24, 2.45) is 0 Å². The van der Waals surface area contributed by atoms with E-state index >= 15 is 0 Å². The largest absolute Gasteiger partial charge is 0.477 e. The maximum Gasteiger partial charge on any atom is 0.354 e. The standard InChI is InChI=1S/C25H45N3O3/c1-2-3-4-5-6-7-8-9-10-11-12-13-14-15-16-17-20-26-24(29)19-22-28-23(25(30)31)18-21-27-28/h18,21H,2-17,19-20,22H2,1H3,(H,26,29)(H,30,31). The number of unbranched alkanes of at least 4 members (excludes halogenated alkanes) is 15. The molecule has 31 heavy (non-hydrogen) atoms. The number of carboxylic acids is 1. The molecule has 1 amide bonds. The Hall–Kier alpha value is -1.85. The first-order chi connectivity index (χ1) is 15.1. The molecule has 1 aromatic heterocycles. The summed E-state index contributed by atoms with van der Waals surface area (Å²) < 4.78 is 1.36. The van der Waals surface area contributed by atoms with E-state index in [1.165, 1.54) is 107 Å². The molecule has 0 aromatic carbocycles. The number of nitrogens with zero attached hydrogens (tertiary/aromatic N) is 2. The third-order valence-corrected chi connectivity index (χ3v) is 5.84. The quantitative estimate of drug-likeness (QED) is 0.220. The Morgan fingerprint density at radius 2 is 1.32 bits per heavy atom. The van der Waals surface area contributed by atoms with Crippen LogP contribution in [0.3, 0.4) is 0 Å². The maximum absolute atomic E-state index is 11.9. The van der Waals surface area contributed by atoms with Gasteiger partial charge in [0.25, 0.3) is 0 Å². The summed E-state index contributed by atoms with van der Waals surface area (Å²) in [6.45, 7) is 3.26. The summed E-state index contributed by atoms with van der Waals surface area (Å²) in [6.07, 6.45) is 23.1. The second-order valence-electron chi connectivity index (χ2n) is 8.65. The van der Waals surface area contributed by atoms with Crippen LogP contribution in [0.1, 0.15) is 127 Å². The number of amides is 1. The summed E-state index contributed by atoms with van der Waals surface area (Å²) >= 11 is 0. The van der Waals surface area contributed by atoms with E-state index in [0.717, 1.165) is 12.8 Å². The van der Waals surface area contributed by atoms with Crippen molar-refractivity contribution in [1.82, 2.24) is 15.1 Å². The molecule has 1 rings (SSSR count). The molecule has 0 saturated carbocycles. The number of aryl methyl sites for hydroxylation is 1. The molecule has 6 heteroatoms.